The predicted molar refractivity (Wildman–Crippen MR) is 66.1 cm³/mol. The number of allylic oxidation sites excluding steroid dienone is 2. The third kappa shape index (κ3) is 31.9. The van der Waals surface area contributed by atoms with Gasteiger partial charge >= 0.3 is 0 Å². The van der Waals surface area contributed by atoms with Gasteiger partial charge < -0.3 is 5.11 Å². The molecular weight excluding hydrogens is 188 g/mol. The predicted octanol–water partition coefficient (Wildman–Crippen LogP) is 4.40. The van der Waals surface area contributed by atoms with E-state index in [-0.39, 0.29) is 0 Å². The number of hydrogen-bond acceptors (Lipinski definition) is 1. The third-order valence-corrected chi connectivity index (χ3v) is 1.87. The van der Waals surface area contributed by atoms with Crippen LogP contribution in [0.15, 0.2) is 12.2 Å². The van der Waals surface area contributed by atoms with E-state index < -0.39 is 5.97 Å². The van der Waals surface area contributed by atoms with Crippen LogP contribution in [0.5, 0.6) is 0 Å². The smallest absolute Gasteiger partial charge is 0.300 e. The number of carboxylic acids is 1. The fraction of sp³-hybridized carbons (Fsp3) is 0.769. The number of carbonyl (C=O) groups is 1. The molecule has 0 aliphatic heterocycles. The maximum absolute atomic E-state index is 9.00. The first kappa shape index (κ1) is 16.6. The van der Waals surface area contributed by atoms with E-state index in [0.717, 1.165) is 6.92 Å². The van der Waals surface area contributed by atoms with Gasteiger partial charge in [-0.25, -0.2) is 0 Å². The molecule has 0 aliphatic rings. The molecule has 0 bridgehead atoms. The number of unbranched alkanes of at least 4 members (excludes halogenated alkanes) is 5. The highest BCUT2D eigenvalue weighted by molar-refractivity contribution is 5.62. The Labute approximate surface area is 94.4 Å². The van der Waals surface area contributed by atoms with Crippen molar-refractivity contribution >= 4 is 5.97 Å². The molecule has 0 heterocycles. The fourth-order valence-electron chi connectivity index (χ4n) is 1.07. The first-order chi connectivity index (χ1) is 7.15. The third-order valence-electron chi connectivity index (χ3n) is 1.87. The Bertz CT molecular complexity index is 147. The van der Waals surface area contributed by atoms with Crippen LogP contribution in [0.1, 0.15) is 65.7 Å². The highest BCUT2D eigenvalue weighted by atomic mass is 16.4. The van der Waals surface area contributed by atoms with Crippen molar-refractivity contribution in [2.45, 2.75) is 65.7 Å². The molecule has 0 amide bonds. The van der Waals surface area contributed by atoms with Gasteiger partial charge in [-0.3, -0.25) is 4.79 Å². The molecule has 0 saturated carbocycles. The van der Waals surface area contributed by atoms with Crippen molar-refractivity contribution < 1.29 is 9.90 Å². The standard InChI is InChI=1S/C11H22.C2H4O2/c1-3-5-7-9-11-10-8-6-4-2;1-2(3)4/h9,11H,3-8,10H2,1-2H3;1H3,(H,3,4). The maximum Gasteiger partial charge on any atom is 0.300 e. The van der Waals surface area contributed by atoms with Crippen LogP contribution in [0.3, 0.4) is 0 Å². The zero-order valence-corrected chi connectivity index (χ0v) is 10.5. The molecule has 0 aromatic heterocycles. The molecule has 2 nitrogen and oxygen atoms in total. The van der Waals surface area contributed by atoms with Crippen molar-refractivity contribution in [3.8, 4) is 0 Å². The fourth-order valence-corrected chi connectivity index (χ4v) is 1.07. The second-order valence-corrected chi connectivity index (χ2v) is 3.63. The Morgan fingerprint density at radius 3 is 1.80 bits per heavy atom. The zero-order chi connectivity index (χ0) is 11.9. The van der Waals surface area contributed by atoms with Crippen molar-refractivity contribution in [2.24, 2.45) is 0 Å². The van der Waals surface area contributed by atoms with E-state index in [1.54, 1.807) is 0 Å². The second kappa shape index (κ2) is 15.7. The van der Waals surface area contributed by atoms with Crippen LogP contribution in [-0.4, -0.2) is 11.1 Å². The van der Waals surface area contributed by atoms with Gasteiger partial charge in [0.2, 0.25) is 0 Å². The molecule has 2 heteroatoms. The summed E-state index contributed by atoms with van der Waals surface area (Å²) in [4.78, 5) is 9.00. The normalized spacial score (nSPS) is 9.80. The van der Waals surface area contributed by atoms with Crippen LogP contribution in [0.2, 0.25) is 0 Å². The van der Waals surface area contributed by atoms with Crippen molar-refractivity contribution in [3.05, 3.63) is 12.2 Å². The summed E-state index contributed by atoms with van der Waals surface area (Å²) in [6.07, 6.45) is 14.0. The van der Waals surface area contributed by atoms with Gasteiger partial charge in [0.15, 0.2) is 0 Å². The van der Waals surface area contributed by atoms with Crippen LogP contribution < -0.4 is 0 Å². The molecule has 1 N–H and O–H groups in total. The van der Waals surface area contributed by atoms with Crippen LogP contribution >= 0.6 is 0 Å². The molecule has 0 aromatic rings. The summed E-state index contributed by atoms with van der Waals surface area (Å²) >= 11 is 0. The van der Waals surface area contributed by atoms with Gasteiger partial charge in [0.05, 0.1) is 0 Å². The Morgan fingerprint density at radius 1 is 1.00 bits per heavy atom. The van der Waals surface area contributed by atoms with Gasteiger partial charge in [0, 0.05) is 6.92 Å². The summed E-state index contributed by atoms with van der Waals surface area (Å²) in [5, 5.41) is 7.42. The Hall–Kier alpha value is -0.790. The van der Waals surface area contributed by atoms with Crippen molar-refractivity contribution in [1.29, 1.82) is 0 Å². The molecular formula is C13H26O2. The minimum Gasteiger partial charge on any atom is -0.481 e. The van der Waals surface area contributed by atoms with E-state index >= 15 is 0 Å². The lowest BCUT2D eigenvalue weighted by atomic mass is 10.2. The van der Waals surface area contributed by atoms with Crippen LogP contribution in [-0.2, 0) is 4.79 Å². The highest BCUT2D eigenvalue weighted by Gasteiger charge is 1.81. The average molecular weight is 214 g/mol. The van der Waals surface area contributed by atoms with E-state index in [9.17, 15) is 0 Å². The van der Waals surface area contributed by atoms with Gasteiger partial charge in [0.25, 0.3) is 5.97 Å². The lowest BCUT2D eigenvalue weighted by Crippen LogP contribution is -1.78. The first-order valence-electron chi connectivity index (χ1n) is 5.99. The molecule has 0 fully saturated rings. The molecule has 90 valence electrons. The first-order valence-corrected chi connectivity index (χ1v) is 5.99. The van der Waals surface area contributed by atoms with Gasteiger partial charge in [-0.15, -0.1) is 0 Å². The number of rotatable bonds is 7. The number of carboxylic acid groups (broad SMARTS) is 1. The van der Waals surface area contributed by atoms with E-state index in [4.69, 9.17) is 9.90 Å². The molecule has 0 aromatic carbocycles. The number of aliphatic carboxylic acids is 1. The summed E-state index contributed by atoms with van der Waals surface area (Å²) in [5.74, 6) is -0.833. The molecule has 0 unspecified atom stereocenters. The van der Waals surface area contributed by atoms with E-state index in [1.165, 1.54) is 44.9 Å². The molecule has 0 saturated heterocycles. The number of hydrogen-bond donors (Lipinski definition) is 1. The minimum atomic E-state index is -0.833. The Morgan fingerprint density at radius 2 is 1.40 bits per heavy atom. The van der Waals surface area contributed by atoms with Crippen molar-refractivity contribution in [1.82, 2.24) is 0 Å². The van der Waals surface area contributed by atoms with Crippen LogP contribution in [0.25, 0.3) is 0 Å². The molecule has 0 radical (unpaired) electrons. The summed E-state index contributed by atoms with van der Waals surface area (Å²) in [5.41, 5.74) is 0. The van der Waals surface area contributed by atoms with Crippen LogP contribution in [0.4, 0.5) is 0 Å². The Balaban J connectivity index is 0. The average Bonchev–Trinajstić information content (AvgIpc) is 2.16. The topological polar surface area (TPSA) is 37.3 Å². The summed E-state index contributed by atoms with van der Waals surface area (Å²) in [6.45, 7) is 5.58. The minimum absolute atomic E-state index is 0.833. The summed E-state index contributed by atoms with van der Waals surface area (Å²) in [7, 11) is 0. The van der Waals surface area contributed by atoms with Crippen molar-refractivity contribution in [3.63, 3.8) is 0 Å². The lowest BCUT2D eigenvalue weighted by Gasteiger charge is -1.91. The molecule has 0 atom stereocenters. The SMILES string of the molecule is CC(=O)O.CCCCC=CCCCCC. The Kier molecular flexibility index (Phi) is 17.4. The van der Waals surface area contributed by atoms with Crippen molar-refractivity contribution in [2.75, 3.05) is 0 Å². The quantitative estimate of drug-likeness (QED) is 0.503. The van der Waals surface area contributed by atoms with Gasteiger partial charge in [-0.2, -0.15) is 0 Å². The highest BCUT2D eigenvalue weighted by Crippen LogP contribution is 2.01. The summed E-state index contributed by atoms with van der Waals surface area (Å²) < 4.78 is 0. The van der Waals surface area contributed by atoms with Gasteiger partial charge in [-0.1, -0.05) is 51.7 Å². The van der Waals surface area contributed by atoms with E-state index in [0.29, 0.717) is 0 Å². The van der Waals surface area contributed by atoms with Crippen LogP contribution in [0, 0.1) is 0 Å². The van der Waals surface area contributed by atoms with E-state index in [2.05, 4.69) is 26.0 Å². The monoisotopic (exact) mass is 214 g/mol. The zero-order valence-electron chi connectivity index (χ0n) is 10.5. The lowest BCUT2D eigenvalue weighted by molar-refractivity contribution is -0.134. The maximum atomic E-state index is 9.00. The second-order valence-electron chi connectivity index (χ2n) is 3.63. The molecule has 0 rings (SSSR count). The molecule has 15 heavy (non-hydrogen) atoms. The summed E-state index contributed by atoms with van der Waals surface area (Å²) in [6, 6.07) is 0. The van der Waals surface area contributed by atoms with Gasteiger partial charge in [0.1, 0.15) is 0 Å². The van der Waals surface area contributed by atoms with Gasteiger partial charge in [-0.05, 0) is 19.3 Å². The van der Waals surface area contributed by atoms with E-state index in [1.807, 2.05) is 0 Å². The molecule has 0 spiro atoms. The molecule has 0 aliphatic carbocycles. The largest absolute Gasteiger partial charge is 0.481 e.